The molecule has 1 aromatic heterocycles. The second-order valence-electron chi connectivity index (χ2n) is 7.46. The maximum atomic E-state index is 12.9. The minimum absolute atomic E-state index is 0.223. The fraction of sp³-hybridized carbons (Fsp3) is 0.292. The monoisotopic (exact) mass is 468 g/mol. The summed E-state index contributed by atoms with van der Waals surface area (Å²) in [6, 6.07) is 14.1. The molecule has 2 aromatic carbocycles. The van der Waals surface area contributed by atoms with Gasteiger partial charge < -0.3 is 19.3 Å². The summed E-state index contributed by atoms with van der Waals surface area (Å²) in [7, 11) is 1.60. The predicted octanol–water partition coefficient (Wildman–Crippen LogP) is 4.93. The molecule has 2 heterocycles. The number of hydrogen-bond donors (Lipinski definition) is 1. The third-order valence-electron chi connectivity index (χ3n) is 5.40. The van der Waals surface area contributed by atoms with E-state index in [0.717, 1.165) is 28.1 Å². The van der Waals surface area contributed by atoms with Crippen LogP contribution in [0.3, 0.4) is 0 Å². The number of rotatable bonds is 8. The number of methoxy groups -OCH3 is 1. The lowest BCUT2D eigenvalue weighted by Crippen LogP contribution is -2.47. The molecule has 8 nitrogen and oxygen atoms in total. The quantitative estimate of drug-likeness (QED) is 0.504. The third kappa shape index (κ3) is 4.86. The van der Waals surface area contributed by atoms with Crippen LogP contribution in [-0.4, -0.2) is 47.9 Å². The number of nitrogens with one attached hydrogen (secondary N) is 1. The number of urea groups is 1. The van der Waals surface area contributed by atoms with Crippen molar-refractivity contribution in [2.75, 3.05) is 26.9 Å². The van der Waals surface area contributed by atoms with E-state index in [-0.39, 0.29) is 6.03 Å². The number of allylic oxidation sites excluding steroid dienone is 1. The van der Waals surface area contributed by atoms with Gasteiger partial charge in [-0.2, -0.15) is 4.98 Å². The van der Waals surface area contributed by atoms with Crippen LogP contribution in [0.15, 0.2) is 58.8 Å². The van der Waals surface area contributed by atoms with E-state index in [1.165, 1.54) is 0 Å². The fourth-order valence-electron chi connectivity index (χ4n) is 3.73. The average Bonchev–Trinajstić information content (AvgIpc) is 3.29. The van der Waals surface area contributed by atoms with Gasteiger partial charge in [-0.1, -0.05) is 28.9 Å². The van der Waals surface area contributed by atoms with Crippen LogP contribution >= 0.6 is 11.6 Å². The van der Waals surface area contributed by atoms with Gasteiger partial charge in [0.15, 0.2) is 0 Å². The van der Waals surface area contributed by atoms with Crippen molar-refractivity contribution in [3.63, 3.8) is 0 Å². The second kappa shape index (κ2) is 10.1. The van der Waals surface area contributed by atoms with Crippen molar-refractivity contribution in [2.45, 2.75) is 19.9 Å². The van der Waals surface area contributed by atoms with Gasteiger partial charge in [-0.3, -0.25) is 4.90 Å². The summed E-state index contributed by atoms with van der Waals surface area (Å²) in [5.74, 6) is 1.55. The molecular formula is C24H25ClN4O4. The van der Waals surface area contributed by atoms with Crippen molar-refractivity contribution in [3.05, 3.63) is 70.7 Å². The van der Waals surface area contributed by atoms with Crippen LogP contribution in [0, 0.1) is 0 Å². The summed E-state index contributed by atoms with van der Waals surface area (Å²) in [4.78, 5) is 19.1. The van der Waals surface area contributed by atoms with Gasteiger partial charge in [0.05, 0.1) is 31.4 Å². The molecule has 9 heteroatoms. The van der Waals surface area contributed by atoms with Crippen LogP contribution in [0.4, 0.5) is 4.79 Å². The Bertz CT molecular complexity index is 1140. The van der Waals surface area contributed by atoms with Crippen LogP contribution in [0.1, 0.15) is 31.3 Å². The lowest BCUT2D eigenvalue weighted by molar-refractivity contribution is 0.158. The molecule has 0 fully saturated rings. The van der Waals surface area contributed by atoms with Gasteiger partial charge in [0.25, 0.3) is 5.89 Å². The highest BCUT2D eigenvalue weighted by Gasteiger charge is 2.35. The van der Waals surface area contributed by atoms with Crippen molar-refractivity contribution >= 4 is 23.2 Å². The molecule has 0 saturated carbocycles. The van der Waals surface area contributed by atoms with E-state index in [4.69, 9.17) is 25.6 Å². The molecule has 1 unspecified atom stereocenters. The Morgan fingerprint density at radius 2 is 1.88 bits per heavy atom. The van der Waals surface area contributed by atoms with E-state index in [9.17, 15) is 4.79 Å². The van der Waals surface area contributed by atoms with Gasteiger partial charge in [-0.15, -0.1) is 0 Å². The van der Waals surface area contributed by atoms with Gasteiger partial charge in [-0.05, 0) is 55.8 Å². The first-order valence-corrected chi connectivity index (χ1v) is 11.0. The molecule has 172 valence electrons. The minimum Gasteiger partial charge on any atom is -0.494 e. The van der Waals surface area contributed by atoms with Crippen molar-refractivity contribution in [1.82, 2.24) is 20.4 Å². The number of halogens is 1. The topological polar surface area (TPSA) is 89.7 Å². The van der Waals surface area contributed by atoms with Crippen molar-refractivity contribution in [2.24, 2.45) is 0 Å². The molecule has 1 aliphatic heterocycles. The molecule has 0 spiro atoms. The summed E-state index contributed by atoms with van der Waals surface area (Å²) < 4.78 is 16.4. The molecule has 0 aliphatic carbocycles. The first-order valence-electron chi connectivity index (χ1n) is 10.6. The molecule has 3 aromatic rings. The van der Waals surface area contributed by atoms with Gasteiger partial charge in [0.1, 0.15) is 5.75 Å². The van der Waals surface area contributed by atoms with Crippen LogP contribution in [-0.2, 0) is 4.74 Å². The lowest BCUT2D eigenvalue weighted by Gasteiger charge is -2.35. The van der Waals surface area contributed by atoms with Crippen LogP contribution in [0.2, 0.25) is 5.02 Å². The first kappa shape index (κ1) is 22.8. The van der Waals surface area contributed by atoms with Crippen molar-refractivity contribution < 1.29 is 18.8 Å². The first-order chi connectivity index (χ1) is 16.0. The Hall–Kier alpha value is -3.36. The number of hydrogen-bond acceptors (Lipinski definition) is 6. The summed E-state index contributed by atoms with van der Waals surface area (Å²) in [6.07, 6.45) is 0. The lowest BCUT2D eigenvalue weighted by atomic mass is 9.94. The van der Waals surface area contributed by atoms with E-state index in [2.05, 4.69) is 15.5 Å². The Kier molecular flexibility index (Phi) is 6.96. The third-order valence-corrected chi connectivity index (χ3v) is 5.65. The fourth-order valence-corrected chi connectivity index (χ4v) is 3.86. The van der Waals surface area contributed by atoms with Crippen LogP contribution in [0.25, 0.3) is 17.0 Å². The molecule has 0 radical (unpaired) electrons. The van der Waals surface area contributed by atoms with Gasteiger partial charge in [0, 0.05) is 23.4 Å². The van der Waals surface area contributed by atoms with Crippen molar-refractivity contribution in [1.29, 1.82) is 0 Å². The van der Waals surface area contributed by atoms with Gasteiger partial charge in [0.2, 0.25) is 5.82 Å². The van der Waals surface area contributed by atoms with Crippen LogP contribution in [0.5, 0.6) is 5.75 Å². The number of benzene rings is 2. The van der Waals surface area contributed by atoms with E-state index >= 15 is 0 Å². The minimum atomic E-state index is -0.470. The summed E-state index contributed by atoms with van der Waals surface area (Å²) >= 11 is 6.07. The van der Waals surface area contributed by atoms with E-state index in [1.54, 1.807) is 24.1 Å². The maximum Gasteiger partial charge on any atom is 0.322 e. The number of carbonyl (C=O) groups excluding carboxylic acids is 1. The Morgan fingerprint density at radius 3 is 2.55 bits per heavy atom. The largest absolute Gasteiger partial charge is 0.494 e. The highest BCUT2D eigenvalue weighted by Crippen LogP contribution is 2.37. The Labute approximate surface area is 197 Å². The Balaban J connectivity index is 1.74. The number of aromatic nitrogens is 2. The van der Waals surface area contributed by atoms with Gasteiger partial charge >= 0.3 is 6.03 Å². The zero-order chi connectivity index (χ0) is 23.4. The second-order valence-corrected chi connectivity index (χ2v) is 7.89. The number of ether oxygens (including phenoxy) is 2. The maximum absolute atomic E-state index is 12.9. The SMILES string of the molecule is CCOc1ccc(-c2noc(C3=C(C)N(CCOC)C(=O)NC3c3ccc(Cl)cc3)n2)cc1. The van der Waals surface area contributed by atoms with Gasteiger partial charge in [-0.25, -0.2) is 4.79 Å². The predicted molar refractivity (Wildman–Crippen MR) is 125 cm³/mol. The van der Waals surface area contributed by atoms with E-state index in [1.807, 2.05) is 50.2 Å². The van der Waals surface area contributed by atoms with Crippen LogP contribution < -0.4 is 10.1 Å². The molecule has 0 bridgehead atoms. The number of carbonyl (C=O) groups is 1. The Morgan fingerprint density at radius 1 is 1.15 bits per heavy atom. The summed E-state index contributed by atoms with van der Waals surface area (Å²) in [5, 5.41) is 7.84. The average molecular weight is 469 g/mol. The molecule has 1 atom stereocenters. The molecule has 33 heavy (non-hydrogen) atoms. The molecule has 4 rings (SSSR count). The molecule has 1 N–H and O–H groups in total. The number of amides is 2. The zero-order valence-corrected chi connectivity index (χ0v) is 19.4. The molecule has 2 amide bonds. The van der Waals surface area contributed by atoms with Crippen molar-refractivity contribution in [3.8, 4) is 17.1 Å². The van der Waals surface area contributed by atoms with E-state index in [0.29, 0.717) is 36.5 Å². The summed E-state index contributed by atoms with van der Waals surface area (Å²) in [5.41, 5.74) is 3.09. The molecule has 1 aliphatic rings. The molecular weight excluding hydrogens is 444 g/mol. The normalized spacial score (nSPS) is 16.2. The highest BCUT2D eigenvalue weighted by molar-refractivity contribution is 6.30. The number of nitrogens with zero attached hydrogens (tertiary/aromatic N) is 3. The smallest absolute Gasteiger partial charge is 0.322 e. The van der Waals surface area contributed by atoms with E-state index < -0.39 is 6.04 Å². The molecule has 0 saturated heterocycles. The highest BCUT2D eigenvalue weighted by atomic mass is 35.5. The zero-order valence-electron chi connectivity index (χ0n) is 18.7. The standard InChI is InChI=1S/C24H25ClN4O4/c1-4-32-19-11-7-17(8-12-19)22-27-23(33-28-22)20-15(2)29(13-14-31-3)24(30)26-21(20)16-5-9-18(25)10-6-16/h5-12,21H,4,13-14H2,1-3H3,(H,26,30). The summed E-state index contributed by atoms with van der Waals surface area (Å²) in [6.45, 7) is 5.19.